The van der Waals surface area contributed by atoms with Gasteiger partial charge in [-0.1, -0.05) is 49.4 Å². The summed E-state index contributed by atoms with van der Waals surface area (Å²) in [4.78, 5) is 16.1. The Kier molecular flexibility index (Phi) is 6.13. The number of ether oxygens (including phenoxy) is 2. The van der Waals surface area contributed by atoms with Gasteiger partial charge in [0.05, 0.1) is 16.8 Å². The second-order valence-electron chi connectivity index (χ2n) is 7.15. The fourth-order valence-electron chi connectivity index (χ4n) is 3.55. The number of hydrogen-bond donors (Lipinski definition) is 1. The lowest BCUT2D eigenvalue weighted by Gasteiger charge is -2.13. The number of carboxylic acid groups (broad SMARTS) is 1. The Hall–Kier alpha value is -3.86. The summed E-state index contributed by atoms with van der Waals surface area (Å²) in [5, 5.41) is 10.5. The van der Waals surface area contributed by atoms with Gasteiger partial charge in [-0.2, -0.15) is 0 Å². The molecule has 0 atom stereocenters. The number of hydrogen-bond acceptors (Lipinski definition) is 4. The molecule has 5 nitrogen and oxygen atoms in total. The Labute approximate surface area is 180 Å². The number of carbonyl (C=O) groups is 1. The second-order valence-corrected chi connectivity index (χ2v) is 7.15. The molecule has 0 fully saturated rings. The number of rotatable bonds is 8. The number of pyridine rings is 1. The fraction of sp³-hybridized carbons (Fsp3) is 0.154. The highest BCUT2D eigenvalue weighted by Gasteiger charge is 2.13. The summed E-state index contributed by atoms with van der Waals surface area (Å²) >= 11 is 0. The summed E-state index contributed by atoms with van der Waals surface area (Å²) < 4.78 is 11.8. The van der Waals surface area contributed by atoms with Gasteiger partial charge in [0.15, 0.2) is 0 Å². The third kappa shape index (κ3) is 4.83. The maximum absolute atomic E-state index is 11.5. The van der Waals surface area contributed by atoms with Gasteiger partial charge in [-0.3, -0.25) is 0 Å². The van der Waals surface area contributed by atoms with E-state index in [-0.39, 0.29) is 0 Å². The summed E-state index contributed by atoms with van der Waals surface area (Å²) in [6.45, 7) is 2.59. The molecule has 4 rings (SSSR count). The minimum absolute atomic E-state index is 0.292. The maximum atomic E-state index is 11.5. The van der Waals surface area contributed by atoms with Gasteiger partial charge in [0.25, 0.3) is 0 Å². The van der Waals surface area contributed by atoms with Crippen LogP contribution in [0.3, 0.4) is 0 Å². The quantitative estimate of drug-likeness (QED) is 0.404. The lowest BCUT2D eigenvalue weighted by atomic mass is 9.99. The van der Waals surface area contributed by atoms with Crippen molar-refractivity contribution >= 4 is 16.9 Å². The number of aromatic nitrogens is 1. The van der Waals surface area contributed by atoms with Crippen LogP contribution in [0.5, 0.6) is 11.5 Å². The maximum Gasteiger partial charge on any atom is 0.335 e. The first kappa shape index (κ1) is 20.4. The topological polar surface area (TPSA) is 68.7 Å². The Balaban J connectivity index is 1.43. The van der Waals surface area contributed by atoms with E-state index in [9.17, 15) is 9.90 Å². The molecule has 0 amide bonds. The second kappa shape index (κ2) is 9.30. The molecule has 1 heterocycles. The van der Waals surface area contributed by atoms with Crippen molar-refractivity contribution in [1.82, 2.24) is 4.98 Å². The molecule has 0 saturated heterocycles. The third-order valence-electron chi connectivity index (χ3n) is 5.10. The normalized spacial score (nSPS) is 10.7. The van der Waals surface area contributed by atoms with Crippen molar-refractivity contribution in [1.29, 1.82) is 0 Å². The van der Waals surface area contributed by atoms with E-state index in [4.69, 9.17) is 9.47 Å². The number of fused-ring (bicyclic) bond motifs is 1. The van der Waals surface area contributed by atoms with Crippen LogP contribution in [0, 0.1) is 0 Å². The molecule has 5 heteroatoms. The smallest absolute Gasteiger partial charge is 0.335 e. The summed E-state index contributed by atoms with van der Waals surface area (Å²) in [7, 11) is 0. The van der Waals surface area contributed by atoms with Gasteiger partial charge < -0.3 is 14.6 Å². The first-order valence-corrected chi connectivity index (χ1v) is 10.2. The Bertz CT molecular complexity index is 1220. The molecule has 1 N–H and O–H groups in total. The lowest BCUT2D eigenvalue weighted by molar-refractivity contribution is 0.0695. The predicted molar refractivity (Wildman–Crippen MR) is 120 cm³/mol. The standard InChI is InChI=1S/C26H23NO4/c1-2-23-19(8-5-11-24(23)26(28)29)16-30-21-9-6-10-22(15-21)31-17-20-14-13-18-7-3-4-12-25(18)27-20/h3-15H,2,16-17H2,1H3,(H,28,29). The van der Waals surface area contributed by atoms with Gasteiger partial charge in [0.2, 0.25) is 0 Å². The van der Waals surface area contributed by atoms with Crippen molar-refractivity contribution in [2.75, 3.05) is 0 Å². The molecular formula is C26H23NO4. The third-order valence-corrected chi connectivity index (χ3v) is 5.10. The first-order chi connectivity index (χ1) is 15.1. The van der Waals surface area contributed by atoms with Crippen LogP contribution >= 0.6 is 0 Å². The van der Waals surface area contributed by atoms with E-state index in [1.165, 1.54) is 0 Å². The number of aromatic carboxylic acids is 1. The molecule has 1 aromatic heterocycles. The van der Waals surface area contributed by atoms with Crippen LogP contribution < -0.4 is 9.47 Å². The van der Waals surface area contributed by atoms with E-state index in [0.29, 0.717) is 36.7 Å². The molecule has 0 spiro atoms. The number of nitrogens with zero attached hydrogens (tertiary/aromatic N) is 1. The van der Waals surface area contributed by atoms with Crippen molar-refractivity contribution in [3.05, 3.63) is 101 Å². The fourth-order valence-corrected chi connectivity index (χ4v) is 3.55. The van der Waals surface area contributed by atoms with E-state index >= 15 is 0 Å². The summed E-state index contributed by atoms with van der Waals surface area (Å²) in [5.74, 6) is 0.422. The highest BCUT2D eigenvalue weighted by molar-refractivity contribution is 5.89. The van der Waals surface area contributed by atoms with Crippen LogP contribution in [0.15, 0.2) is 78.9 Å². The lowest BCUT2D eigenvalue weighted by Crippen LogP contribution is -2.07. The van der Waals surface area contributed by atoms with Gasteiger partial charge in [-0.05, 0) is 47.9 Å². The van der Waals surface area contributed by atoms with E-state index in [0.717, 1.165) is 27.7 Å². The van der Waals surface area contributed by atoms with Crippen molar-refractivity contribution < 1.29 is 19.4 Å². The SMILES string of the molecule is CCc1c(COc2cccc(OCc3ccc4ccccc4n3)c2)cccc1C(=O)O. The zero-order valence-electron chi connectivity index (χ0n) is 17.2. The first-order valence-electron chi connectivity index (χ1n) is 10.2. The van der Waals surface area contributed by atoms with Crippen LogP contribution in [0.1, 0.15) is 34.1 Å². The van der Waals surface area contributed by atoms with Crippen LogP contribution in [0.2, 0.25) is 0 Å². The van der Waals surface area contributed by atoms with Crippen molar-refractivity contribution in [3.8, 4) is 11.5 Å². The molecule has 0 aliphatic rings. The molecule has 0 aliphatic heterocycles. The van der Waals surface area contributed by atoms with Crippen molar-refractivity contribution in [3.63, 3.8) is 0 Å². The number of para-hydroxylation sites is 1. The van der Waals surface area contributed by atoms with Crippen LogP contribution in [-0.4, -0.2) is 16.1 Å². The number of benzene rings is 3. The highest BCUT2D eigenvalue weighted by atomic mass is 16.5. The molecule has 4 aromatic rings. The average Bonchev–Trinajstić information content (AvgIpc) is 2.81. The van der Waals surface area contributed by atoms with E-state index in [2.05, 4.69) is 4.98 Å². The summed E-state index contributed by atoms with van der Waals surface area (Å²) in [6, 6.07) is 24.7. The highest BCUT2D eigenvalue weighted by Crippen LogP contribution is 2.23. The molecule has 156 valence electrons. The van der Waals surface area contributed by atoms with Gasteiger partial charge in [0.1, 0.15) is 24.7 Å². The molecule has 0 unspecified atom stereocenters. The van der Waals surface area contributed by atoms with Crippen molar-refractivity contribution in [2.24, 2.45) is 0 Å². The molecule has 0 aliphatic carbocycles. The molecule has 0 radical (unpaired) electrons. The summed E-state index contributed by atoms with van der Waals surface area (Å²) in [6.07, 6.45) is 0.628. The van der Waals surface area contributed by atoms with E-state index < -0.39 is 5.97 Å². The largest absolute Gasteiger partial charge is 0.489 e. The summed E-state index contributed by atoms with van der Waals surface area (Å²) in [5.41, 5.74) is 3.78. The zero-order chi connectivity index (χ0) is 21.6. The minimum atomic E-state index is -0.920. The van der Waals surface area contributed by atoms with Gasteiger partial charge >= 0.3 is 5.97 Å². The average molecular weight is 413 g/mol. The van der Waals surface area contributed by atoms with Crippen molar-refractivity contribution in [2.45, 2.75) is 26.6 Å². The van der Waals surface area contributed by atoms with E-state index in [1.807, 2.05) is 73.7 Å². The Morgan fingerprint density at radius 3 is 2.39 bits per heavy atom. The minimum Gasteiger partial charge on any atom is -0.489 e. The zero-order valence-corrected chi connectivity index (χ0v) is 17.2. The molecule has 31 heavy (non-hydrogen) atoms. The number of carboxylic acids is 1. The predicted octanol–water partition coefficient (Wildman–Crippen LogP) is 5.65. The molecular weight excluding hydrogens is 390 g/mol. The Morgan fingerprint density at radius 1 is 0.871 bits per heavy atom. The van der Waals surface area contributed by atoms with Gasteiger partial charge in [-0.15, -0.1) is 0 Å². The van der Waals surface area contributed by atoms with Crippen LogP contribution in [-0.2, 0) is 19.6 Å². The Morgan fingerprint density at radius 2 is 1.61 bits per heavy atom. The van der Waals surface area contributed by atoms with Crippen LogP contribution in [0.4, 0.5) is 0 Å². The van der Waals surface area contributed by atoms with E-state index in [1.54, 1.807) is 12.1 Å². The molecule has 3 aromatic carbocycles. The molecule has 0 bridgehead atoms. The monoisotopic (exact) mass is 413 g/mol. The molecule has 0 saturated carbocycles. The van der Waals surface area contributed by atoms with Gasteiger partial charge in [-0.25, -0.2) is 9.78 Å². The van der Waals surface area contributed by atoms with Gasteiger partial charge in [0, 0.05) is 11.5 Å². The van der Waals surface area contributed by atoms with Crippen LogP contribution in [0.25, 0.3) is 10.9 Å².